The van der Waals surface area contributed by atoms with Gasteiger partial charge in [0.25, 0.3) is 0 Å². The average molecular weight is 144 g/mol. The quantitative estimate of drug-likeness (QED) is 0.345. The minimum Gasteiger partial charge on any atom is -0.480 e. The van der Waals surface area contributed by atoms with E-state index >= 15 is 0 Å². The van der Waals surface area contributed by atoms with Gasteiger partial charge in [-0.3, -0.25) is 9.59 Å². The lowest BCUT2D eigenvalue weighted by Crippen LogP contribution is -2.22. The molecule has 0 aromatic heterocycles. The summed E-state index contributed by atoms with van der Waals surface area (Å²) >= 11 is 0. The minimum atomic E-state index is -1.25. The number of hydrogen-bond donors (Lipinski definition) is 1. The third-order valence-corrected chi connectivity index (χ3v) is 0.957. The summed E-state index contributed by atoms with van der Waals surface area (Å²) in [5.74, 6) is -3.30. The standard InChI is InChI=1S/C6H8O4/c1-3-4(5(7)8)6(9)10-2/h3-4H,1H2,2H3,(H,7,8). The molecule has 1 N–H and O–H groups in total. The lowest BCUT2D eigenvalue weighted by molar-refractivity contribution is -0.154. The van der Waals surface area contributed by atoms with Crippen LogP contribution < -0.4 is 0 Å². The molecule has 0 radical (unpaired) electrons. The fourth-order valence-electron chi connectivity index (χ4n) is 0.425. The van der Waals surface area contributed by atoms with E-state index in [2.05, 4.69) is 11.3 Å². The molecule has 0 aromatic carbocycles. The number of carbonyl (C=O) groups is 2. The Labute approximate surface area is 58.1 Å². The second-order valence-corrected chi connectivity index (χ2v) is 1.57. The first-order valence-corrected chi connectivity index (χ1v) is 2.56. The lowest BCUT2D eigenvalue weighted by atomic mass is 10.1. The molecule has 0 amide bonds. The first-order valence-electron chi connectivity index (χ1n) is 2.56. The highest BCUT2D eigenvalue weighted by Gasteiger charge is 2.22. The number of hydrogen-bond acceptors (Lipinski definition) is 3. The van der Waals surface area contributed by atoms with Crippen LogP contribution in [0.4, 0.5) is 0 Å². The van der Waals surface area contributed by atoms with E-state index in [1.165, 1.54) is 0 Å². The second kappa shape index (κ2) is 3.66. The molecule has 0 aliphatic rings. The third kappa shape index (κ3) is 1.89. The zero-order chi connectivity index (χ0) is 8.15. The largest absolute Gasteiger partial charge is 0.480 e. The molecule has 0 aliphatic carbocycles. The van der Waals surface area contributed by atoms with Gasteiger partial charge in [0.05, 0.1) is 7.11 Å². The van der Waals surface area contributed by atoms with Crippen LogP contribution in [0.25, 0.3) is 0 Å². The van der Waals surface area contributed by atoms with E-state index in [9.17, 15) is 9.59 Å². The van der Waals surface area contributed by atoms with Crippen molar-refractivity contribution >= 4 is 11.9 Å². The van der Waals surface area contributed by atoms with Gasteiger partial charge in [-0.25, -0.2) is 0 Å². The van der Waals surface area contributed by atoms with Gasteiger partial charge in [-0.15, -0.1) is 6.58 Å². The van der Waals surface area contributed by atoms with Crippen LogP contribution in [0.5, 0.6) is 0 Å². The van der Waals surface area contributed by atoms with Gasteiger partial charge in [-0.05, 0) is 0 Å². The highest BCUT2D eigenvalue weighted by atomic mass is 16.5. The monoisotopic (exact) mass is 144 g/mol. The van der Waals surface area contributed by atoms with Crippen molar-refractivity contribution in [1.82, 2.24) is 0 Å². The number of esters is 1. The van der Waals surface area contributed by atoms with Crippen LogP contribution in [0.3, 0.4) is 0 Å². The van der Waals surface area contributed by atoms with Crippen molar-refractivity contribution < 1.29 is 19.4 Å². The Bertz CT molecular complexity index is 161. The normalized spacial score (nSPS) is 11.7. The van der Waals surface area contributed by atoms with Gasteiger partial charge in [-0.1, -0.05) is 6.08 Å². The maximum atomic E-state index is 10.5. The molecule has 1 unspecified atom stereocenters. The van der Waals surface area contributed by atoms with Crippen molar-refractivity contribution in [2.45, 2.75) is 0 Å². The second-order valence-electron chi connectivity index (χ2n) is 1.57. The van der Waals surface area contributed by atoms with E-state index in [1.807, 2.05) is 0 Å². The first kappa shape index (κ1) is 8.68. The number of ether oxygens (including phenoxy) is 1. The summed E-state index contributed by atoms with van der Waals surface area (Å²) in [6.07, 6.45) is 1.02. The van der Waals surface area contributed by atoms with Crippen molar-refractivity contribution in [3.05, 3.63) is 12.7 Å². The van der Waals surface area contributed by atoms with Crippen molar-refractivity contribution in [3.63, 3.8) is 0 Å². The summed E-state index contributed by atoms with van der Waals surface area (Å²) in [7, 11) is 1.13. The van der Waals surface area contributed by atoms with Gasteiger partial charge in [0.15, 0.2) is 5.92 Å². The van der Waals surface area contributed by atoms with Crippen LogP contribution in [0.15, 0.2) is 12.7 Å². The molecule has 0 heterocycles. The molecule has 0 spiro atoms. The highest BCUT2D eigenvalue weighted by Crippen LogP contribution is 1.99. The number of methoxy groups -OCH3 is 1. The highest BCUT2D eigenvalue weighted by molar-refractivity contribution is 5.95. The number of carboxylic acids is 1. The topological polar surface area (TPSA) is 63.6 Å². The smallest absolute Gasteiger partial charge is 0.323 e. The number of carbonyl (C=O) groups excluding carboxylic acids is 1. The molecular weight excluding hydrogens is 136 g/mol. The van der Waals surface area contributed by atoms with E-state index in [1.54, 1.807) is 0 Å². The predicted molar refractivity (Wildman–Crippen MR) is 33.3 cm³/mol. The van der Waals surface area contributed by atoms with Crippen molar-refractivity contribution in [2.75, 3.05) is 7.11 Å². The average Bonchev–Trinajstić information content (AvgIpc) is 1.88. The zero-order valence-electron chi connectivity index (χ0n) is 5.53. The first-order chi connectivity index (χ1) is 4.63. The maximum Gasteiger partial charge on any atom is 0.323 e. The third-order valence-electron chi connectivity index (χ3n) is 0.957. The Morgan fingerprint density at radius 1 is 1.70 bits per heavy atom. The van der Waals surface area contributed by atoms with Crippen LogP contribution in [0.1, 0.15) is 0 Å². The molecule has 0 bridgehead atoms. The summed E-state index contributed by atoms with van der Waals surface area (Å²) in [5, 5.41) is 8.30. The van der Waals surface area contributed by atoms with E-state index in [-0.39, 0.29) is 0 Å². The Morgan fingerprint density at radius 3 is 2.30 bits per heavy atom. The van der Waals surface area contributed by atoms with Gasteiger partial charge in [0, 0.05) is 0 Å². The van der Waals surface area contributed by atoms with Crippen molar-refractivity contribution in [1.29, 1.82) is 0 Å². The fourth-order valence-corrected chi connectivity index (χ4v) is 0.425. The summed E-state index contributed by atoms with van der Waals surface area (Å²) in [4.78, 5) is 20.7. The Hall–Kier alpha value is -1.32. The molecule has 4 nitrogen and oxygen atoms in total. The van der Waals surface area contributed by atoms with E-state index in [0.717, 1.165) is 13.2 Å². The Kier molecular flexibility index (Phi) is 3.17. The van der Waals surface area contributed by atoms with E-state index in [0.29, 0.717) is 0 Å². The molecule has 0 rings (SSSR count). The molecule has 0 saturated heterocycles. The molecule has 0 aromatic rings. The molecule has 1 atom stereocenters. The van der Waals surface area contributed by atoms with Gasteiger partial charge in [0.2, 0.25) is 0 Å². The SMILES string of the molecule is C=CC(C(=O)O)C(=O)OC. The summed E-state index contributed by atoms with van der Waals surface area (Å²) in [6, 6.07) is 0. The van der Waals surface area contributed by atoms with Crippen LogP contribution in [0, 0.1) is 5.92 Å². The van der Waals surface area contributed by atoms with Crippen molar-refractivity contribution in [2.24, 2.45) is 5.92 Å². The predicted octanol–water partition coefficient (Wildman–Crippen LogP) is 0.0462. The number of rotatable bonds is 3. The van der Waals surface area contributed by atoms with E-state index < -0.39 is 17.9 Å². The Morgan fingerprint density at radius 2 is 2.20 bits per heavy atom. The van der Waals surface area contributed by atoms with Crippen molar-refractivity contribution in [3.8, 4) is 0 Å². The molecule has 0 saturated carbocycles. The van der Waals surface area contributed by atoms with Crippen LogP contribution >= 0.6 is 0 Å². The minimum absolute atomic E-state index is 0.803. The molecule has 10 heavy (non-hydrogen) atoms. The molecule has 0 aliphatic heterocycles. The molecular formula is C6H8O4. The molecule has 0 fully saturated rings. The molecule has 56 valence electrons. The lowest BCUT2D eigenvalue weighted by Gasteiger charge is -2.02. The van der Waals surface area contributed by atoms with Gasteiger partial charge in [0.1, 0.15) is 0 Å². The zero-order valence-corrected chi connectivity index (χ0v) is 5.53. The fraction of sp³-hybridized carbons (Fsp3) is 0.333. The summed E-state index contributed by atoms with van der Waals surface area (Å²) in [6.45, 7) is 3.17. The summed E-state index contributed by atoms with van der Waals surface area (Å²) < 4.78 is 4.17. The van der Waals surface area contributed by atoms with Gasteiger partial charge < -0.3 is 9.84 Å². The van der Waals surface area contributed by atoms with Gasteiger partial charge in [-0.2, -0.15) is 0 Å². The van der Waals surface area contributed by atoms with Crippen LogP contribution in [-0.2, 0) is 14.3 Å². The summed E-state index contributed by atoms with van der Waals surface area (Å²) in [5.41, 5.74) is 0. The van der Waals surface area contributed by atoms with Gasteiger partial charge >= 0.3 is 11.9 Å². The van der Waals surface area contributed by atoms with Crippen LogP contribution in [0.2, 0.25) is 0 Å². The van der Waals surface area contributed by atoms with Crippen LogP contribution in [-0.4, -0.2) is 24.2 Å². The maximum absolute atomic E-state index is 10.5. The Balaban J connectivity index is 4.20. The number of aliphatic carboxylic acids is 1. The van der Waals surface area contributed by atoms with E-state index in [4.69, 9.17) is 5.11 Å². The number of carboxylic acid groups (broad SMARTS) is 1. The molecule has 4 heteroatoms.